The van der Waals surface area contributed by atoms with Crippen molar-refractivity contribution in [1.29, 1.82) is 0 Å². The molecule has 2 aliphatic heterocycles. The molecule has 1 radical (unpaired) electrons. The molecule has 93 valence electrons. The number of piperidine rings is 1. The Morgan fingerprint density at radius 2 is 1.83 bits per heavy atom. The SMILES string of the molecule is O=C1CCC2(CC[N-]CC2)Nc2ccccc21.[Ac]. The van der Waals surface area contributed by atoms with Crippen LogP contribution in [0.2, 0.25) is 0 Å². The average molecular weight is 456 g/mol. The fourth-order valence-electron chi connectivity index (χ4n) is 2.87. The number of nitrogens with zero attached hydrogens (tertiary/aromatic N) is 1. The van der Waals surface area contributed by atoms with Gasteiger partial charge in [-0.3, -0.25) is 4.79 Å². The number of anilines is 1. The van der Waals surface area contributed by atoms with E-state index in [1.807, 2.05) is 24.3 Å². The van der Waals surface area contributed by atoms with Crippen molar-refractivity contribution in [3.05, 3.63) is 35.1 Å². The van der Waals surface area contributed by atoms with Crippen LogP contribution in [0.25, 0.3) is 5.32 Å². The first-order valence-electron chi connectivity index (χ1n) is 6.33. The van der Waals surface area contributed by atoms with Gasteiger partial charge in [-0.15, -0.1) is 13.1 Å². The van der Waals surface area contributed by atoms with Crippen molar-refractivity contribution >= 4 is 11.5 Å². The summed E-state index contributed by atoms with van der Waals surface area (Å²) < 4.78 is 0. The second kappa shape index (κ2) is 6.03. The van der Waals surface area contributed by atoms with Gasteiger partial charge in [0.05, 0.1) is 0 Å². The topological polar surface area (TPSA) is 43.2 Å². The minimum atomic E-state index is 0. The first-order chi connectivity index (χ1) is 8.29. The maximum atomic E-state index is 12.1. The number of ketones is 1. The summed E-state index contributed by atoms with van der Waals surface area (Å²) in [5, 5.41) is 8.03. The maximum Gasteiger partial charge on any atom is 0.165 e. The quantitative estimate of drug-likeness (QED) is 0.653. The zero-order chi connectivity index (χ0) is 11.7. The van der Waals surface area contributed by atoms with Crippen LogP contribution >= 0.6 is 0 Å². The van der Waals surface area contributed by atoms with Crippen molar-refractivity contribution < 1.29 is 48.9 Å². The van der Waals surface area contributed by atoms with Gasteiger partial charge in [-0.25, -0.2) is 0 Å². The second-order valence-electron chi connectivity index (χ2n) is 5.04. The van der Waals surface area contributed by atoms with E-state index in [2.05, 4.69) is 10.6 Å². The van der Waals surface area contributed by atoms with Gasteiger partial charge in [0.1, 0.15) is 0 Å². The molecule has 1 spiro atoms. The number of Topliss-reactive ketones (excluding diaryl/α,β-unsaturated/α-hetero) is 1. The molecule has 0 bridgehead atoms. The molecule has 1 saturated heterocycles. The molecule has 1 N–H and O–H groups in total. The van der Waals surface area contributed by atoms with E-state index >= 15 is 0 Å². The minimum absolute atomic E-state index is 0. The molecule has 2 heterocycles. The molecule has 0 amide bonds. The predicted molar refractivity (Wildman–Crippen MR) is 68.7 cm³/mol. The van der Waals surface area contributed by atoms with Crippen LogP contribution < -0.4 is 5.32 Å². The van der Waals surface area contributed by atoms with Crippen LogP contribution in [0.1, 0.15) is 36.0 Å². The molecule has 0 aliphatic carbocycles. The van der Waals surface area contributed by atoms with Gasteiger partial charge in [-0.2, -0.15) is 0 Å². The molecule has 18 heavy (non-hydrogen) atoms. The van der Waals surface area contributed by atoms with E-state index in [0.717, 1.165) is 43.6 Å². The first-order valence-corrected chi connectivity index (χ1v) is 6.33. The summed E-state index contributed by atoms with van der Waals surface area (Å²) in [6.45, 7) is 1.84. The number of rotatable bonds is 0. The minimum Gasteiger partial charge on any atom is -0.662 e. The third kappa shape index (κ3) is 2.81. The van der Waals surface area contributed by atoms with Gasteiger partial charge in [0.25, 0.3) is 0 Å². The number of benzene rings is 1. The molecule has 3 nitrogen and oxygen atoms in total. The largest absolute Gasteiger partial charge is 0.662 e. The van der Waals surface area contributed by atoms with Gasteiger partial charge >= 0.3 is 0 Å². The second-order valence-corrected chi connectivity index (χ2v) is 5.04. The van der Waals surface area contributed by atoms with Crippen LogP contribution in [0, 0.1) is 44.1 Å². The monoisotopic (exact) mass is 456 g/mol. The van der Waals surface area contributed by atoms with Gasteiger partial charge in [0, 0.05) is 67.3 Å². The van der Waals surface area contributed by atoms with E-state index in [0.29, 0.717) is 6.42 Å². The van der Waals surface area contributed by atoms with Crippen LogP contribution in [0.3, 0.4) is 0 Å². The van der Waals surface area contributed by atoms with Crippen molar-refractivity contribution in [2.24, 2.45) is 0 Å². The van der Waals surface area contributed by atoms with Crippen LogP contribution in [0.5, 0.6) is 0 Å². The molecule has 4 heteroatoms. The summed E-state index contributed by atoms with van der Waals surface area (Å²) >= 11 is 0. The maximum absolute atomic E-state index is 12.1. The van der Waals surface area contributed by atoms with E-state index in [4.69, 9.17) is 0 Å². The summed E-state index contributed by atoms with van der Waals surface area (Å²) in [6, 6.07) is 7.88. The van der Waals surface area contributed by atoms with Gasteiger partial charge in [0.15, 0.2) is 5.78 Å². The molecule has 0 saturated carbocycles. The normalized spacial score (nSPS) is 21.4. The van der Waals surface area contributed by atoms with E-state index in [-0.39, 0.29) is 55.4 Å². The summed E-state index contributed by atoms with van der Waals surface area (Å²) in [7, 11) is 0. The fraction of sp³-hybridized carbons (Fsp3) is 0.500. The van der Waals surface area contributed by atoms with E-state index in [1.165, 1.54) is 0 Å². The van der Waals surface area contributed by atoms with Crippen molar-refractivity contribution in [3.8, 4) is 0 Å². The molecule has 1 fully saturated rings. The van der Waals surface area contributed by atoms with Crippen molar-refractivity contribution in [1.82, 2.24) is 0 Å². The molecular weight excluding hydrogens is 439 g/mol. The first kappa shape index (κ1) is 14.5. The average Bonchev–Trinajstić information content (AvgIpc) is 2.50. The molecule has 0 atom stereocenters. The fourth-order valence-corrected chi connectivity index (χ4v) is 2.87. The third-order valence-corrected chi connectivity index (χ3v) is 3.95. The standard InChI is InChI=1S/C14H17N2O.Ac/c17-13-5-6-14(7-9-15-10-8-14)16-12-4-2-1-3-11(12)13;/h1-4,16H,5-10H2;/q-1;. The Bertz CT molecular complexity index is 441. The Morgan fingerprint density at radius 1 is 1.11 bits per heavy atom. The Morgan fingerprint density at radius 3 is 2.61 bits per heavy atom. The molecule has 3 rings (SSSR count). The Kier molecular flexibility index (Phi) is 4.86. The molecule has 1 aromatic carbocycles. The number of hydrogen-bond acceptors (Lipinski definition) is 2. The van der Waals surface area contributed by atoms with Gasteiger partial charge < -0.3 is 10.6 Å². The molecule has 0 aromatic heterocycles. The number of carbonyl (C=O) groups excluding carboxylic acids is 1. The molecule has 2 aliphatic rings. The van der Waals surface area contributed by atoms with Crippen molar-refractivity contribution in [2.45, 2.75) is 31.2 Å². The smallest absolute Gasteiger partial charge is 0.165 e. The van der Waals surface area contributed by atoms with Gasteiger partial charge in [0.2, 0.25) is 0 Å². The zero-order valence-corrected chi connectivity index (χ0v) is 15.2. The van der Waals surface area contributed by atoms with Gasteiger partial charge in [-0.1, -0.05) is 12.1 Å². The van der Waals surface area contributed by atoms with Crippen LogP contribution in [0.4, 0.5) is 5.69 Å². The molecular formula is C14H17AcN2O-. The summed E-state index contributed by atoms with van der Waals surface area (Å²) in [5.41, 5.74) is 1.97. The Balaban J connectivity index is 0.00000120. The number of carbonyl (C=O) groups is 1. The van der Waals surface area contributed by atoms with Gasteiger partial charge in [-0.05, 0) is 31.4 Å². The van der Waals surface area contributed by atoms with Crippen molar-refractivity contribution in [2.75, 3.05) is 18.4 Å². The zero-order valence-electron chi connectivity index (χ0n) is 10.5. The predicted octanol–water partition coefficient (Wildman–Crippen LogP) is 2.98. The van der Waals surface area contributed by atoms with Crippen molar-refractivity contribution in [3.63, 3.8) is 0 Å². The number of para-hydroxylation sites is 1. The summed E-state index contributed by atoms with van der Waals surface area (Å²) in [6.07, 6.45) is 3.70. The number of fused-ring (bicyclic) bond motifs is 1. The number of nitrogens with one attached hydrogen (secondary N) is 1. The van der Waals surface area contributed by atoms with E-state index < -0.39 is 0 Å². The molecule has 0 unspecified atom stereocenters. The number of hydrogen-bond donors (Lipinski definition) is 1. The van der Waals surface area contributed by atoms with Crippen LogP contribution in [-0.2, 0) is 0 Å². The van der Waals surface area contributed by atoms with Crippen LogP contribution in [0.15, 0.2) is 24.3 Å². The van der Waals surface area contributed by atoms with E-state index in [1.54, 1.807) is 0 Å². The summed E-state index contributed by atoms with van der Waals surface area (Å²) in [5.74, 6) is 0.271. The summed E-state index contributed by atoms with van der Waals surface area (Å²) in [4.78, 5) is 12.1. The van der Waals surface area contributed by atoms with Crippen LogP contribution in [-0.4, -0.2) is 24.4 Å². The van der Waals surface area contributed by atoms with E-state index in [9.17, 15) is 4.79 Å². The third-order valence-electron chi connectivity index (χ3n) is 3.95. The Labute approximate surface area is 144 Å². The molecule has 1 aromatic rings. The Hall–Kier alpha value is 0.0916.